The van der Waals surface area contributed by atoms with Crippen LogP contribution in [0, 0.1) is 12.3 Å². The number of nitrogens with one attached hydrogen (secondary N) is 1. The molecule has 1 N–H and O–H groups in total. The second kappa shape index (κ2) is 7.99. The summed E-state index contributed by atoms with van der Waals surface area (Å²) in [5.41, 5.74) is 0.416. The molecular formula is C14H21N5O3S. The Morgan fingerprint density at radius 3 is 2.78 bits per heavy atom. The van der Waals surface area contributed by atoms with Crippen molar-refractivity contribution < 1.29 is 12.9 Å². The zero-order valence-electron chi connectivity index (χ0n) is 13.1. The van der Waals surface area contributed by atoms with Gasteiger partial charge in [0.1, 0.15) is 12.0 Å². The second-order valence-corrected chi connectivity index (χ2v) is 7.03. The Labute approximate surface area is 136 Å². The molecule has 2 rings (SSSR count). The highest BCUT2D eigenvalue weighted by Crippen LogP contribution is 2.12. The van der Waals surface area contributed by atoms with Gasteiger partial charge in [0.05, 0.1) is 5.69 Å². The summed E-state index contributed by atoms with van der Waals surface area (Å²) in [4.78, 5) is 6.23. The summed E-state index contributed by atoms with van der Waals surface area (Å²) in [5, 5.41) is 6.83. The Morgan fingerprint density at radius 1 is 1.48 bits per heavy atom. The summed E-state index contributed by atoms with van der Waals surface area (Å²) >= 11 is 0. The maximum Gasteiger partial charge on any atom is 0.220 e. The van der Waals surface area contributed by atoms with Crippen LogP contribution in [0.3, 0.4) is 0 Å². The minimum absolute atomic E-state index is 0.140. The Bertz CT molecular complexity index is 655. The first-order chi connectivity index (χ1) is 11.1. The highest BCUT2D eigenvalue weighted by molar-refractivity contribution is 7.88. The molecule has 0 bridgehead atoms. The van der Waals surface area contributed by atoms with E-state index in [9.17, 15) is 8.42 Å². The molecule has 126 valence electrons. The molecule has 0 aromatic carbocycles. The van der Waals surface area contributed by atoms with Crippen molar-refractivity contribution in [1.29, 1.82) is 0 Å². The normalized spacial score (nSPS) is 17.0. The SMILES string of the molecule is C#CCCNC(=NC)N1CCN(S(=O)(=O)Cc2ccon2)CC1. The first kappa shape index (κ1) is 17.3. The highest BCUT2D eigenvalue weighted by Gasteiger charge is 2.28. The van der Waals surface area contributed by atoms with E-state index in [2.05, 4.69) is 25.9 Å². The number of terminal acetylenes is 1. The molecule has 0 atom stereocenters. The quantitative estimate of drug-likeness (QED) is 0.343. The van der Waals surface area contributed by atoms with Gasteiger partial charge in [-0.25, -0.2) is 8.42 Å². The minimum atomic E-state index is -3.39. The van der Waals surface area contributed by atoms with Gasteiger partial charge >= 0.3 is 0 Å². The number of hydrogen-bond acceptors (Lipinski definition) is 5. The molecule has 1 fully saturated rings. The molecule has 2 heterocycles. The van der Waals surface area contributed by atoms with E-state index in [1.807, 2.05) is 4.90 Å². The highest BCUT2D eigenvalue weighted by atomic mass is 32.2. The van der Waals surface area contributed by atoms with Crippen molar-refractivity contribution in [3.8, 4) is 12.3 Å². The molecule has 1 aliphatic rings. The molecule has 23 heavy (non-hydrogen) atoms. The minimum Gasteiger partial charge on any atom is -0.364 e. The molecule has 0 aliphatic carbocycles. The van der Waals surface area contributed by atoms with Crippen molar-refractivity contribution in [2.45, 2.75) is 12.2 Å². The van der Waals surface area contributed by atoms with Gasteiger partial charge in [-0.1, -0.05) is 5.16 Å². The molecule has 0 amide bonds. The average Bonchev–Trinajstić information content (AvgIpc) is 3.04. The van der Waals surface area contributed by atoms with Crippen molar-refractivity contribution >= 4 is 16.0 Å². The second-order valence-electron chi connectivity index (χ2n) is 5.06. The van der Waals surface area contributed by atoms with E-state index >= 15 is 0 Å². The van der Waals surface area contributed by atoms with Crippen LogP contribution in [0.2, 0.25) is 0 Å². The molecule has 9 heteroatoms. The first-order valence-electron chi connectivity index (χ1n) is 7.33. The van der Waals surface area contributed by atoms with Crippen LogP contribution in [0.4, 0.5) is 0 Å². The van der Waals surface area contributed by atoms with Crippen molar-refractivity contribution in [1.82, 2.24) is 19.7 Å². The van der Waals surface area contributed by atoms with E-state index < -0.39 is 10.0 Å². The molecule has 0 saturated carbocycles. The van der Waals surface area contributed by atoms with E-state index in [-0.39, 0.29) is 5.75 Å². The maximum absolute atomic E-state index is 12.4. The largest absolute Gasteiger partial charge is 0.364 e. The Kier molecular flexibility index (Phi) is 6.01. The lowest BCUT2D eigenvalue weighted by Gasteiger charge is -2.35. The molecule has 0 spiro atoms. The third kappa shape index (κ3) is 4.71. The van der Waals surface area contributed by atoms with Crippen LogP contribution in [0.1, 0.15) is 12.1 Å². The number of nitrogens with zero attached hydrogens (tertiary/aromatic N) is 4. The predicted molar refractivity (Wildman–Crippen MR) is 87.1 cm³/mol. The smallest absolute Gasteiger partial charge is 0.220 e. The van der Waals surface area contributed by atoms with E-state index in [4.69, 9.17) is 6.42 Å². The Balaban J connectivity index is 1.89. The summed E-state index contributed by atoms with van der Waals surface area (Å²) in [6, 6.07) is 1.56. The van der Waals surface area contributed by atoms with Gasteiger partial charge < -0.3 is 14.7 Å². The van der Waals surface area contributed by atoms with Crippen molar-refractivity contribution in [2.24, 2.45) is 4.99 Å². The van der Waals surface area contributed by atoms with E-state index in [0.717, 1.165) is 5.96 Å². The third-order valence-corrected chi connectivity index (χ3v) is 5.33. The van der Waals surface area contributed by atoms with Gasteiger partial charge in [-0.05, 0) is 0 Å². The molecule has 8 nitrogen and oxygen atoms in total. The molecule has 1 aromatic heterocycles. The summed E-state index contributed by atoms with van der Waals surface area (Å²) in [6.45, 7) is 2.63. The molecule has 0 radical (unpaired) electrons. The third-order valence-electron chi connectivity index (χ3n) is 3.52. The van der Waals surface area contributed by atoms with Gasteiger partial charge in [-0.15, -0.1) is 12.3 Å². The van der Waals surface area contributed by atoms with Crippen LogP contribution in [0.5, 0.6) is 0 Å². The number of guanidine groups is 1. The number of aromatic nitrogens is 1. The van der Waals surface area contributed by atoms with Crippen LogP contribution < -0.4 is 5.32 Å². The van der Waals surface area contributed by atoms with Gasteiger partial charge in [0, 0.05) is 52.3 Å². The summed E-state index contributed by atoms with van der Waals surface area (Å²) in [6.07, 6.45) is 7.21. The van der Waals surface area contributed by atoms with Crippen LogP contribution in [-0.2, 0) is 15.8 Å². The average molecular weight is 339 g/mol. The van der Waals surface area contributed by atoms with Crippen molar-refractivity contribution in [3.05, 3.63) is 18.0 Å². The number of sulfonamides is 1. The van der Waals surface area contributed by atoms with Gasteiger partial charge in [-0.2, -0.15) is 4.31 Å². The monoisotopic (exact) mass is 339 g/mol. The predicted octanol–water partition coefficient (Wildman–Crippen LogP) is -0.279. The number of hydrogen-bond donors (Lipinski definition) is 1. The lowest BCUT2D eigenvalue weighted by atomic mass is 10.4. The fourth-order valence-electron chi connectivity index (χ4n) is 2.35. The van der Waals surface area contributed by atoms with Crippen molar-refractivity contribution in [2.75, 3.05) is 39.8 Å². The summed E-state index contributed by atoms with van der Waals surface area (Å²) in [7, 11) is -1.69. The standard InChI is InChI=1S/C14H21N5O3S/c1-3-4-6-16-14(15-2)18-7-9-19(10-8-18)23(20,21)12-13-5-11-22-17-13/h1,5,11H,4,6-10,12H2,2H3,(H,15,16). The number of rotatable bonds is 5. The molecular weight excluding hydrogens is 318 g/mol. The lowest BCUT2D eigenvalue weighted by molar-refractivity contribution is 0.260. The Morgan fingerprint density at radius 2 is 2.22 bits per heavy atom. The van der Waals surface area contributed by atoms with E-state index in [0.29, 0.717) is 44.8 Å². The van der Waals surface area contributed by atoms with E-state index in [1.54, 1.807) is 13.1 Å². The van der Waals surface area contributed by atoms with E-state index in [1.165, 1.54) is 10.6 Å². The molecule has 1 aromatic rings. The van der Waals surface area contributed by atoms with Crippen LogP contribution in [0.25, 0.3) is 0 Å². The van der Waals surface area contributed by atoms with Gasteiger partial charge in [-0.3, -0.25) is 4.99 Å². The van der Waals surface area contributed by atoms with Crippen LogP contribution in [-0.4, -0.2) is 68.5 Å². The zero-order chi connectivity index (χ0) is 16.7. The summed E-state index contributed by atoms with van der Waals surface area (Å²) < 4.78 is 30.9. The summed E-state index contributed by atoms with van der Waals surface area (Å²) in [5.74, 6) is 3.16. The van der Waals surface area contributed by atoms with Crippen LogP contribution >= 0.6 is 0 Å². The molecule has 0 unspecified atom stereocenters. The fourth-order valence-corrected chi connectivity index (χ4v) is 3.77. The lowest BCUT2D eigenvalue weighted by Crippen LogP contribution is -2.53. The fraction of sp³-hybridized carbons (Fsp3) is 0.571. The topological polar surface area (TPSA) is 91.0 Å². The van der Waals surface area contributed by atoms with Gasteiger partial charge in [0.2, 0.25) is 10.0 Å². The number of piperazine rings is 1. The number of aliphatic imine (C=N–C) groups is 1. The van der Waals surface area contributed by atoms with Crippen molar-refractivity contribution in [3.63, 3.8) is 0 Å². The Hall–Kier alpha value is -2.05. The maximum atomic E-state index is 12.4. The van der Waals surface area contributed by atoms with Gasteiger partial charge in [0.25, 0.3) is 0 Å². The molecule has 1 saturated heterocycles. The van der Waals surface area contributed by atoms with Gasteiger partial charge in [0.15, 0.2) is 5.96 Å². The zero-order valence-corrected chi connectivity index (χ0v) is 13.9. The molecule has 1 aliphatic heterocycles. The first-order valence-corrected chi connectivity index (χ1v) is 8.94. The van der Waals surface area contributed by atoms with Crippen LogP contribution in [0.15, 0.2) is 21.8 Å².